The fourth-order valence-electron chi connectivity index (χ4n) is 3.19. The molecule has 3 heteroatoms. The summed E-state index contributed by atoms with van der Waals surface area (Å²) in [5.41, 5.74) is 2.01. The minimum absolute atomic E-state index is 0.739. The van der Waals surface area contributed by atoms with Gasteiger partial charge in [0.2, 0.25) is 0 Å². The molecule has 0 saturated carbocycles. The zero-order valence-electron chi connectivity index (χ0n) is 10.7. The van der Waals surface area contributed by atoms with Crippen molar-refractivity contribution in [1.82, 2.24) is 4.90 Å². The van der Waals surface area contributed by atoms with E-state index >= 15 is 0 Å². The topological polar surface area (TPSA) is 30.3 Å². The van der Waals surface area contributed by atoms with Crippen LogP contribution in [0, 0.1) is 11.3 Å². The largest absolute Gasteiger partial charge is 0.370 e. The van der Waals surface area contributed by atoms with Crippen molar-refractivity contribution in [1.29, 1.82) is 5.26 Å². The van der Waals surface area contributed by atoms with E-state index in [1.54, 1.807) is 0 Å². The number of fused-ring (bicyclic) bond motifs is 1. The standard InChI is InChI=1S/C15H19N3/c16-11-13-4-6-14(7-5-13)18-10-2-9-17-8-1-3-15(17)12-18/h4-7,15H,1-3,8-10,12H2. The van der Waals surface area contributed by atoms with Gasteiger partial charge in [-0.15, -0.1) is 0 Å². The number of hydrogen-bond acceptors (Lipinski definition) is 3. The molecule has 1 aromatic rings. The summed E-state index contributed by atoms with van der Waals surface area (Å²) in [6.45, 7) is 4.81. The maximum absolute atomic E-state index is 8.84. The smallest absolute Gasteiger partial charge is 0.0991 e. The first-order valence-corrected chi connectivity index (χ1v) is 6.86. The van der Waals surface area contributed by atoms with Gasteiger partial charge in [-0.05, 0) is 50.1 Å². The summed E-state index contributed by atoms with van der Waals surface area (Å²) < 4.78 is 0. The molecule has 0 bridgehead atoms. The molecule has 3 nitrogen and oxygen atoms in total. The second-order valence-electron chi connectivity index (χ2n) is 5.29. The lowest BCUT2D eigenvalue weighted by atomic mass is 10.1. The summed E-state index contributed by atoms with van der Waals surface area (Å²) in [7, 11) is 0. The van der Waals surface area contributed by atoms with E-state index in [-0.39, 0.29) is 0 Å². The lowest BCUT2D eigenvalue weighted by Gasteiger charge is -2.27. The van der Waals surface area contributed by atoms with E-state index in [2.05, 4.69) is 28.0 Å². The third-order valence-corrected chi connectivity index (χ3v) is 4.17. The average Bonchev–Trinajstić information content (AvgIpc) is 2.76. The minimum atomic E-state index is 0.739. The normalized spacial score (nSPS) is 24.4. The molecule has 0 aliphatic carbocycles. The van der Waals surface area contributed by atoms with Crippen molar-refractivity contribution in [2.45, 2.75) is 25.3 Å². The van der Waals surface area contributed by atoms with Gasteiger partial charge in [-0.2, -0.15) is 5.26 Å². The summed E-state index contributed by atoms with van der Waals surface area (Å²) in [5, 5.41) is 8.84. The molecule has 94 valence electrons. The Balaban J connectivity index is 1.76. The summed E-state index contributed by atoms with van der Waals surface area (Å²) in [4.78, 5) is 5.13. The van der Waals surface area contributed by atoms with Crippen LogP contribution in [0.3, 0.4) is 0 Å². The Kier molecular flexibility index (Phi) is 3.21. The highest BCUT2D eigenvalue weighted by Gasteiger charge is 2.28. The molecular weight excluding hydrogens is 222 g/mol. The van der Waals surface area contributed by atoms with E-state index < -0.39 is 0 Å². The molecule has 18 heavy (non-hydrogen) atoms. The number of nitrogens with zero attached hydrogens (tertiary/aromatic N) is 3. The molecule has 2 aliphatic heterocycles. The van der Waals surface area contributed by atoms with Crippen LogP contribution < -0.4 is 4.90 Å². The number of hydrogen-bond donors (Lipinski definition) is 0. The van der Waals surface area contributed by atoms with Crippen LogP contribution in [0.1, 0.15) is 24.8 Å². The lowest BCUT2D eigenvalue weighted by Crippen LogP contribution is -2.36. The molecule has 1 unspecified atom stereocenters. The molecule has 2 heterocycles. The third kappa shape index (κ3) is 2.21. The average molecular weight is 241 g/mol. The third-order valence-electron chi connectivity index (χ3n) is 4.17. The highest BCUT2D eigenvalue weighted by molar-refractivity contribution is 5.50. The number of anilines is 1. The van der Waals surface area contributed by atoms with Gasteiger partial charge in [0.25, 0.3) is 0 Å². The molecule has 0 aromatic heterocycles. The molecule has 1 atom stereocenters. The van der Waals surface area contributed by atoms with Gasteiger partial charge >= 0.3 is 0 Å². The SMILES string of the molecule is N#Cc1ccc(N2CCCN3CCCC3C2)cc1. The van der Waals surface area contributed by atoms with Gasteiger partial charge in [-0.25, -0.2) is 0 Å². The minimum Gasteiger partial charge on any atom is -0.370 e. The Bertz CT molecular complexity index is 446. The van der Waals surface area contributed by atoms with Crippen molar-refractivity contribution in [3.63, 3.8) is 0 Å². The highest BCUT2D eigenvalue weighted by Crippen LogP contribution is 2.25. The van der Waals surface area contributed by atoms with Gasteiger partial charge in [0.05, 0.1) is 11.6 Å². The van der Waals surface area contributed by atoms with Crippen molar-refractivity contribution in [2.75, 3.05) is 31.1 Å². The maximum Gasteiger partial charge on any atom is 0.0991 e. The molecule has 2 aliphatic rings. The van der Waals surface area contributed by atoms with Crippen LogP contribution in [-0.4, -0.2) is 37.1 Å². The van der Waals surface area contributed by atoms with Crippen LogP contribution in [0.5, 0.6) is 0 Å². The van der Waals surface area contributed by atoms with Crippen LogP contribution in [0.2, 0.25) is 0 Å². The summed E-state index contributed by atoms with van der Waals surface area (Å²) >= 11 is 0. The van der Waals surface area contributed by atoms with E-state index in [1.165, 1.54) is 38.0 Å². The van der Waals surface area contributed by atoms with Gasteiger partial charge in [0.1, 0.15) is 0 Å². The fourth-order valence-corrected chi connectivity index (χ4v) is 3.19. The zero-order valence-corrected chi connectivity index (χ0v) is 10.7. The van der Waals surface area contributed by atoms with E-state index in [4.69, 9.17) is 5.26 Å². The number of rotatable bonds is 1. The van der Waals surface area contributed by atoms with E-state index in [9.17, 15) is 0 Å². The molecule has 1 aromatic carbocycles. The summed E-state index contributed by atoms with van der Waals surface area (Å²) in [5.74, 6) is 0. The molecule has 2 fully saturated rings. The Morgan fingerprint density at radius 1 is 1.06 bits per heavy atom. The molecule has 2 saturated heterocycles. The Labute approximate surface area is 109 Å². The zero-order chi connectivity index (χ0) is 12.4. The van der Waals surface area contributed by atoms with E-state index in [0.29, 0.717) is 0 Å². The predicted octanol–water partition coefficient (Wildman–Crippen LogP) is 2.23. The van der Waals surface area contributed by atoms with Gasteiger partial charge in [0, 0.05) is 31.4 Å². The van der Waals surface area contributed by atoms with Gasteiger partial charge in [0.15, 0.2) is 0 Å². The van der Waals surface area contributed by atoms with Crippen molar-refractivity contribution in [3.8, 4) is 6.07 Å². The molecular formula is C15H19N3. The van der Waals surface area contributed by atoms with Crippen LogP contribution in [0.4, 0.5) is 5.69 Å². The molecule has 0 amide bonds. The van der Waals surface area contributed by atoms with E-state index in [0.717, 1.165) is 24.7 Å². The first-order valence-electron chi connectivity index (χ1n) is 6.86. The number of benzene rings is 1. The quantitative estimate of drug-likeness (QED) is 0.755. The van der Waals surface area contributed by atoms with Crippen molar-refractivity contribution in [2.24, 2.45) is 0 Å². The predicted molar refractivity (Wildman–Crippen MR) is 72.6 cm³/mol. The maximum atomic E-state index is 8.84. The molecule has 0 radical (unpaired) electrons. The Morgan fingerprint density at radius 2 is 1.83 bits per heavy atom. The first-order chi connectivity index (χ1) is 8.86. The van der Waals surface area contributed by atoms with Crippen LogP contribution in [0.25, 0.3) is 0 Å². The van der Waals surface area contributed by atoms with Crippen molar-refractivity contribution >= 4 is 5.69 Å². The monoisotopic (exact) mass is 241 g/mol. The molecule has 0 N–H and O–H groups in total. The van der Waals surface area contributed by atoms with Crippen molar-refractivity contribution in [3.05, 3.63) is 29.8 Å². The second-order valence-corrected chi connectivity index (χ2v) is 5.29. The second kappa shape index (κ2) is 4.99. The fraction of sp³-hybridized carbons (Fsp3) is 0.533. The van der Waals surface area contributed by atoms with Crippen LogP contribution in [-0.2, 0) is 0 Å². The summed E-state index contributed by atoms with van der Waals surface area (Å²) in [6, 6.07) is 10.9. The lowest BCUT2D eigenvalue weighted by molar-refractivity contribution is 0.273. The molecule has 3 rings (SSSR count). The van der Waals surface area contributed by atoms with Crippen LogP contribution >= 0.6 is 0 Å². The Morgan fingerprint density at radius 3 is 2.61 bits per heavy atom. The van der Waals surface area contributed by atoms with E-state index in [1.807, 2.05) is 12.1 Å². The number of nitriles is 1. The highest BCUT2D eigenvalue weighted by atomic mass is 15.3. The summed E-state index contributed by atoms with van der Waals surface area (Å²) in [6.07, 6.45) is 3.94. The van der Waals surface area contributed by atoms with Gasteiger partial charge in [-0.3, -0.25) is 4.90 Å². The molecule has 0 spiro atoms. The first kappa shape index (κ1) is 11.6. The van der Waals surface area contributed by atoms with Gasteiger partial charge in [-0.1, -0.05) is 0 Å². The van der Waals surface area contributed by atoms with Gasteiger partial charge < -0.3 is 4.90 Å². The Hall–Kier alpha value is -1.53. The van der Waals surface area contributed by atoms with Crippen molar-refractivity contribution < 1.29 is 0 Å². The van der Waals surface area contributed by atoms with Crippen LogP contribution in [0.15, 0.2) is 24.3 Å².